The fourth-order valence-corrected chi connectivity index (χ4v) is 1.25. The van der Waals surface area contributed by atoms with Crippen LogP contribution < -0.4 is 4.74 Å². The number of hydrogen-bond donors (Lipinski definition) is 0. The van der Waals surface area contributed by atoms with Crippen molar-refractivity contribution in [1.82, 2.24) is 14.8 Å². The molecule has 0 aromatic carbocycles. The van der Waals surface area contributed by atoms with Crippen LogP contribution in [-0.4, -0.2) is 20.9 Å². The molecule has 2 aromatic heterocycles. The molecule has 0 aliphatic rings. The second-order valence-electron chi connectivity index (χ2n) is 3.47. The molecule has 78 valence electrons. The lowest BCUT2D eigenvalue weighted by molar-refractivity contribution is 0.241. The molecule has 0 bridgehead atoms. The van der Waals surface area contributed by atoms with E-state index in [1.54, 1.807) is 17.1 Å². The molecule has 2 aromatic rings. The smallest absolute Gasteiger partial charge is 0.153 e. The van der Waals surface area contributed by atoms with Gasteiger partial charge in [0.1, 0.15) is 5.75 Å². The molecule has 0 fully saturated rings. The van der Waals surface area contributed by atoms with Crippen molar-refractivity contribution >= 4 is 0 Å². The Hall–Kier alpha value is -1.84. The minimum Gasteiger partial charge on any atom is -0.489 e. The molecule has 0 N–H and O–H groups in total. The molecule has 2 heterocycles. The van der Waals surface area contributed by atoms with Crippen LogP contribution in [0.2, 0.25) is 0 Å². The van der Waals surface area contributed by atoms with Crippen molar-refractivity contribution in [3.63, 3.8) is 0 Å². The Morgan fingerprint density at radius 3 is 2.73 bits per heavy atom. The lowest BCUT2D eigenvalue weighted by Gasteiger charge is -2.09. The molecule has 4 nitrogen and oxygen atoms in total. The van der Waals surface area contributed by atoms with E-state index in [1.807, 2.05) is 38.2 Å². The first-order valence-electron chi connectivity index (χ1n) is 4.88. The first kappa shape index (κ1) is 9.71. The van der Waals surface area contributed by atoms with Gasteiger partial charge in [0.15, 0.2) is 5.82 Å². The number of aromatic nitrogens is 3. The summed E-state index contributed by atoms with van der Waals surface area (Å²) in [5, 5.41) is 4.09. The van der Waals surface area contributed by atoms with Gasteiger partial charge in [-0.2, -0.15) is 5.10 Å². The highest BCUT2D eigenvalue weighted by Crippen LogP contribution is 2.12. The quantitative estimate of drug-likeness (QED) is 0.766. The van der Waals surface area contributed by atoms with Crippen LogP contribution in [0, 0.1) is 0 Å². The largest absolute Gasteiger partial charge is 0.489 e. The Bertz CT molecular complexity index is 406. The van der Waals surface area contributed by atoms with Crippen molar-refractivity contribution in [2.45, 2.75) is 20.0 Å². The van der Waals surface area contributed by atoms with Gasteiger partial charge in [-0.05, 0) is 32.0 Å². The van der Waals surface area contributed by atoms with Crippen molar-refractivity contribution in [3.8, 4) is 11.6 Å². The van der Waals surface area contributed by atoms with E-state index in [2.05, 4.69) is 10.1 Å². The zero-order valence-corrected chi connectivity index (χ0v) is 8.79. The Kier molecular flexibility index (Phi) is 2.67. The first-order chi connectivity index (χ1) is 7.25. The Morgan fingerprint density at radius 1 is 1.33 bits per heavy atom. The molecule has 0 amide bonds. The molecule has 0 unspecified atom stereocenters. The van der Waals surface area contributed by atoms with Crippen molar-refractivity contribution < 1.29 is 4.74 Å². The molecule has 4 heteroatoms. The van der Waals surface area contributed by atoms with Gasteiger partial charge in [0.05, 0.1) is 12.3 Å². The number of pyridine rings is 1. The van der Waals surface area contributed by atoms with Crippen LogP contribution >= 0.6 is 0 Å². The van der Waals surface area contributed by atoms with Gasteiger partial charge >= 0.3 is 0 Å². The van der Waals surface area contributed by atoms with Crippen molar-refractivity contribution in [3.05, 3.63) is 36.8 Å². The zero-order chi connectivity index (χ0) is 10.7. The van der Waals surface area contributed by atoms with Crippen LogP contribution in [-0.2, 0) is 0 Å². The highest BCUT2D eigenvalue weighted by atomic mass is 16.5. The summed E-state index contributed by atoms with van der Waals surface area (Å²) in [5.74, 6) is 1.57. The third kappa shape index (κ3) is 2.34. The third-order valence-electron chi connectivity index (χ3n) is 1.83. The van der Waals surface area contributed by atoms with Crippen LogP contribution in [0.15, 0.2) is 36.8 Å². The van der Waals surface area contributed by atoms with E-state index in [0.717, 1.165) is 11.6 Å². The predicted octanol–water partition coefficient (Wildman–Crippen LogP) is 2.05. The highest BCUT2D eigenvalue weighted by Gasteiger charge is 2.00. The number of nitrogens with zero attached hydrogens (tertiary/aromatic N) is 3. The summed E-state index contributed by atoms with van der Waals surface area (Å²) >= 11 is 0. The Balaban J connectivity index is 2.17. The molecule has 0 radical (unpaired) electrons. The maximum Gasteiger partial charge on any atom is 0.153 e. The monoisotopic (exact) mass is 203 g/mol. The summed E-state index contributed by atoms with van der Waals surface area (Å²) in [5.41, 5.74) is 0. The van der Waals surface area contributed by atoms with Gasteiger partial charge in [-0.3, -0.25) is 0 Å². The van der Waals surface area contributed by atoms with Crippen molar-refractivity contribution in [2.24, 2.45) is 0 Å². The van der Waals surface area contributed by atoms with Crippen LogP contribution in [0.1, 0.15) is 13.8 Å². The molecule has 0 aliphatic carbocycles. The lowest BCUT2D eigenvalue weighted by atomic mass is 10.4. The van der Waals surface area contributed by atoms with Gasteiger partial charge < -0.3 is 4.74 Å². The van der Waals surface area contributed by atoms with Crippen LogP contribution in [0.25, 0.3) is 5.82 Å². The van der Waals surface area contributed by atoms with E-state index < -0.39 is 0 Å². The van der Waals surface area contributed by atoms with Gasteiger partial charge in [0.2, 0.25) is 0 Å². The fourth-order valence-electron chi connectivity index (χ4n) is 1.25. The summed E-state index contributed by atoms with van der Waals surface area (Å²) < 4.78 is 7.20. The molecular formula is C11H13N3O. The Labute approximate surface area is 88.5 Å². The molecule has 0 aliphatic heterocycles. The molecule has 0 atom stereocenters. The molecule has 0 spiro atoms. The summed E-state index contributed by atoms with van der Waals surface area (Å²) in [7, 11) is 0. The fraction of sp³-hybridized carbons (Fsp3) is 0.273. The molecular weight excluding hydrogens is 190 g/mol. The van der Waals surface area contributed by atoms with Crippen LogP contribution in [0.3, 0.4) is 0 Å². The van der Waals surface area contributed by atoms with Crippen molar-refractivity contribution in [2.75, 3.05) is 0 Å². The second-order valence-corrected chi connectivity index (χ2v) is 3.47. The Morgan fingerprint density at radius 2 is 2.20 bits per heavy atom. The normalized spacial score (nSPS) is 10.6. The molecule has 0 saturated carbocycles. The van der Waals surface area contributed by atoms with E-state index in [0.29, 0.717) is 0 Å². The second kappa shape index (κ2) is 4.13. The number of rotatable bonds is 3. The van der Waals surface area contributed by atoms with Gasteiger partial charge in [-0.15, -0.1) is 0 Å². The standard InChI is InChI=1S/C11H13N3O/c1-9(2)15-10-4-5-11(12-8-10)14-7-3-6-13-14/h3-9H,1-2H3. The van der Waals surface area contributed by atoms with E-state index in [-0.39, 0.29) is 6.10 Å². The predicted molar refractivity (Wildman–Crippen MR) is 57.1 cm³/mol. The SMILES string of the molecule is CC(C)Oc1ccc(-n2cccn2)nc1. The number of hydrogen-bond acceptors (Lipinski definition) is 3. The molecule has 15 heavy (non-hydrogen) atoms. The van der Waals surface area contributed by atoms with E-state index in [9.17, 15) is 0 Å². The summed E-state index contributed by atoms with van der Waals surface area (Å²) in [4.78, 5) is 4.25. The van der Waals surface area contributed by atoms with Gasteiger partial charge in [0.25, 0.3) is 0 Å². The molecule has 0 saturated heterocycles. The summed E-state index contributed by atoms with van der Waals surface area (Å²) in [6.07, 6.45) is 5.45. The maximum atomic E-state index is 5.49. The summed E-state index contributed by atoms with van der Waals surface area (Å²) in [6.45, 7) is 3.98. The van der Waals surface area contributed by atoms with Crippen LogP contribution in [0.5, 0.6) is 5.75 Å². The van der Waals surface area contributed by atoms with Gasteiger partial charge in [0, 0.05) is 12.4 Å². The van der Waals surface area contributed by atoms with E-state index in [4.69, 9.17) is 4.74 Å². The average Bonchev–Trinajstić information content (AvgIpc) is 2.71. The number of ether oxygens (including phenoxy) is 1. The van der Waals surface area contributed by atoms with Crippen LogP contribution in [0.4, 0.5) is 0 Å². The van der Waals surface area contributed by atoms with E-state index in [1.165, 1.54) is 0 Å². The van der Waals surface area contributed by atoms with E-state index >= 15 is 0 Å². The summed E-state index contributed by atoms with van der Waals surface area (Å²) in [6, 6.07) is 5.63. The highest BCUT2D eigenvalue weighted by molar-refractivity contribution is 5.27. The minimum absolute atomic E-state index is 0.169. The topological polar surface area (TPSA) is 39.9 Å². The minimum atomic E-state index is 0.169. The van der Waals surface area contributed by atoms with Gasteiger partial charge in [-0.1, -0.05) is 0 Å². The maximum absolute atomic E-state index is 5.49. The van der Waals surface area contributed by atoms with Crippen molar-refractivity contribution in [1.29, 1.82) is 0 Å². The lowest BCUT2D eigenvalue weighted by Crippen LogP contribution is -2.06. The van der Waals surface area contributed by atoms with Gasteiger partial charge in [-0.25, -0.2) is 9.67 Å². The zero-order valence-electron chi connectivity index (χ0n) is 8.79. The first-order valence-corrected chi connectivity index (χ1v) is 4.88. The molecule has 2 rings (SSSR count). The average molecular weight is 203 g/mol. The third-order valence-corrected chi connectivity index (χ3v) is 1.83.